The van der Waals surface area contributed by atoms with Crippen LogP contribution in [0.25, 0.3) is 0 Å². The molecule has 0 spiro atoms. The Balaban J connectivity index is 1.55. The van der Waals surface area contributed by atoms with Crippen LogP contribution in [-0.4, -0.2) is 39.8 Å². The Morgan fingerprint density at radius 3 is 1.84 bits per heavy atom. The van der Waals surface area contributed by atoms with Gasteiger partial charge in [-0.3, -0.25) is 14.3 Å². The Labute approximate surface area is 212 Å². The number of nitrogens with zero attached hydrogens (tertiary/aromatic N) is 1. The van der Waals surface area contributed by atoms with Crippen LogP contribution in [0.1, 0.15) is 22.9 Å². The lowest BCUT2D eigenvalue weighted by atomic mass is 9.80. The van der Waals surface area contributed by atoms with Gasteiger partial charge in [-0.05, 0) is 16.7 Å². The van der Waals surface area contributed by atoms with Gasteiger partial charge in [-0.2, -0.15) is 0 Å². The van der Waals surface area contributed by atoms with Gasteiger partial charge in [0.25, 0.3) is 5.56 Å². The molecule has 0 amide bonds. The summed E-state index contributed by atoms with van der Waals surface area (Å²) in [6.07, 6.45) is -1.47. The Hall–Kier alpha value is -4.11. The number of aldehydes is 1. The third kappa shape index (κ3) is 4.58. The highest BCUT2D eigenvalue weighted by atomic mass is 16.6. The largest absolute Gasteiger partial charge is 0.388 e. The van der Waals surface area contributed by atoms with Crippen molar-refractivity contribution < 1.29 is 19.4 Å². The molecule has 2 N–H and O–H groups in total. The quantitative estimate of drug-likeness (QED) is 0.286. The topological polar surface area (TPSA) is 111 Å². The van der Waals surface area contributed by atoms with Crippen molar-refractivity contribution in [2.75, 3.05) is 6.61 Å². The number of aromatic nitrogens is 2. The van der Waals surface area contributed by atoms with Crippen molar-refractivity contribution >= 4 is 6.29 Å². The predicted molar refractivity (Wildman–Crippen MR) is 136 cm³/mol. The van der Waals surface area contributed by atoms with Crippen molar-refractivity contribution in [1.82, 2.24) is 9.55 Å². The van der Waals surface area contributed by atoms with Crippen LogP contribution in [0.5, 0.6) is 0 Å². The molecule has 0 radical (unpaired) electrons. The monoisotopic (exact) mass is 498 g/mol. The summed E-state index contributed by atoms with van der Waals surface area (Å²) in [4.78, 5) is 38.0. The first-order valence-electron chi connectivity index (χ1n) is 12.0. The highest BCUT2D eigenvalue weighted by Crippen LogP contribution is 2.42. The second-order valence-electron chi connectivity index (χ2n) is 8.88. The zero-order valence-corrected chi connectivity index (χ0v) is 19.8. The molecule has 1 aliphatic rings. The molecule has 4 atom stereocenters. The summed E-state index contributed by atoms with van der Waals surface area (Å²) < 4.78 is 13.8. The van der Waals surface area contributed by atoms with E-state index in [4.69, 9.17) is 9.47 Å². The van der Waals surface area contributed by atoms with Crippen LogP contribution in [0.4, 0.5) is 0 Å². The van der Waals surface area contributed by atoms with Crippen molar-refractivity contribution in [3.63, 3.8) is 0 Å². The highest BCUT2D eigenvalue weighted by molar-refractivity contribution is 5.56. The van der Waals surface area contributed by atoms with E-state index < -0.39 is 41.2 Å². The first kappa shape index (κ1) is 24.6. The molecule has 1 aromatic heterocycles. The number of H-pyrrole nitrogens is 1. The van der Waals surface area contributed by atoms with Gasteiger partial charge in [-0.1, -0.05) is 91.0 Å². The Kier molecular flexibility index (Phi) is 6.96. The van der Waals surface area contributed by atoms with Gasteiger partial charge in [0, 0.05) is 12.3 Å². The molecule has 3 aromatic carbocycles. The zero-order valence-electron chi connectivity index (χ0n) is 19.8. The van der Waals surface area contributed by atoms with Gasteiger partial charge in [0.1, 0.15) is 18.0 Å². The Morgan fingerprint density at radius 1 is 0.865 bits per heavy atom. The average Bonchev–Trinajstić information content (AvgIpc) is 3.25. The third-order valence-corrected chi connectivity index (χ3v) is 6.72. The fourth-order valence-corrected chi connectivity index (χ4v) is 4.91. The SMILES string of the molecule is O=C[C@@H]1C(COC(c2ccccc2)(c2ccccc2)c2ccccc2)OC(n2ccc(=O)[nH]c2=O)[C@@H]1O. The molecule has 2 unspecified atom stereocenters. The van der Waals surface area contributed by atoms with Crippen LogP contribution < -0.4 is 11.2 Å². The standard InChI is InChI=1S/C29H26N2O6/c32-18-23-24(37-27(26(23)34)31-17-16-25(33)30-28(31)35)19-36-29(20-10-4-1-5-11-20,21-12-6-2-7-13-21)22-14-8-3-9-15-22/h1-18,23-24,26-27,34H,19H2,(H,30,33,35)/t23-,24?,26-,27?/m1/s1. The number of nitrogens with one attached hydrogen (secondary N) is 1. The molecule has 0 saturated carbocycles. The second kappa shape index (κ2) is 10.5. The van der Waals surface area contributed by atoms with E-state index in [-0.39, 0.29) is 6.61 Å². The van der Waals surface area contributed by atoms with Crippen molar-refractivity contribution in [3.8, 4) is 0 Å². The number of rotatable bonds is 8. The van der Waals surface area contributed by atoms with Crippen LogP contribution in [0.3, 0.4) is 0 Å². The Bertz CT molecular complexity index is 1360. The molecule has 0 aliphatic carbocycles. The van der Waals surface area contributed by atoms with E-state index in [1.807, 2.05) is 91.0 Å². The van der Waals surface area contributed by atoms with E-state index >= 15 is 0 Å². The second-order valence-corrected chi connectivity index (χ2v) is 8.88. The number of carbonyl (C=O) groups is 1. The van der Waals surface area contributed by atoms with Crippen molar-refractivity contribution in [1.29, 1.82) is 0 Å². The number of aliphatic hydroxyl groups is 1. The summed E-state index contributed by atoms with van der Waals surface area (Å²) in [5.74, 6) is -0.955. The van der Waals surface area contributed by atoms with Gasteiger partial charge >= 0.3 is 5.69 Å². The molecule has 1 fully saturated rings. The molecule has 8 nitrogen and oxygen atoms in total. The van der Waals surface area contributed by atoms with Gasteiger partial charge in [0.15, 0.2) is 6.23 Å². The van der Waals surface area contributed by atoms with E-state index in [1.54, 1.807) is 0 Å². The van der Waals surface area contributed by atoms with E-state index in [0.717, 1.165) is 27.3 Å². The van der Waals surface area contributed by atoms with E-state index in [0.29, 0.717) is 6.29 Å². The minimum Gasteiger partial charge on any atom is -0.388 e. The summed E-state index contributed by atoms with van der Waals surface area (Å²) in [6, 6.07) is 30.4. The fourth-order valence-electron chi connectivity index (χ4n) is 4.91. The molecule has 5 rings (SSSR count). The first-order valence-corrected chi connectivity index (χ1v) is 12.0. The minimum absolute atomic E-state index is 0.0618. The molecule has 1 aliphatic heterocycles. The lowest BCUT2D eigenvalue weighted by molar-refractivity contribution is -0.117. The van der Waals surface area contributed by atoms with E-state index in [1.165, 1.54) is 6.20 Å². The van der Waals surface area contributed by atoms with Crippen molar-refractivity contribution in [2.45, 2.75) is 24.0 Å². The van der Waals surface area contributed by atoms with Crippen LogP contribution in [-0.2, 0) is 19.9 Å². The summed E-state index contributed by atoms with van der Waals surface area (Å²) >= 11 is 0. The van der Waals surface area contributed by atoms with Gasteiger partial charge < -0.3 is 19.4 Å². The fraction of sp³-hybridized carbons (Fsp3) is 0.207. The maximum Gasteiger partial charge on any atom is 0.330 e. The number of aromatic amines is 1. The van der Waals surface area contributed by atoms with Crippen LogP contribution in [0, 0.1) is 5.92 Å². The summed E-state index contributed by atoms with van der Waals surface area (Å²) in [7, 11) is 0. The summed E-state index contributed by atoms with van der Waals surface area (Å²) in [6.45, 7) is -0.0618. The normalized spacial score (nSPS) is 21.5. The smallest absolute Gasteiger partial charge is 0.330 e. The molecular weight excluding hydrogens is 472 g/mol. The highest BCUT2D eigenvalue weighted by Gasteiger charge is 2.47. The summed E-state index contributed by atoms with van der Waals surface area (Å²) in [5.41, 5.74) is 0.276. The number of ether oxygens (including phenoxy) is 2. The number of hydrogen-bond donors (Lipinski definition) is 2. The lowest BCUT2D eigenvalue weighted by Gasteiger charge is -2.37. The number of benzene rings is 3. The molecule has 4 aromatic rings. The first-order chi connectivity index (χ1) is 18.0. The maximum atomic E-state index is 12.3. The lowest BCUT2D eigenvalue weighted by Crippen LogP contribution is -2.38. The molecule has 8 heteroatoms. The van der Waals surface area contributed by atoms with E-state index in [2.05, 4.69) is 4.98 Å². The molecule has 1 saturated heterocycles. The van der Waals surface area contributed by atoms with Crippen LogP contribution in [0.15, 0.2) is 113 Å². The average molecular weight is 499 g/mol. The minimum atomic E-state index is -1.31. The van der Waals surface area contributed by atoms with Gasteiger partial charge in [0.05, 0.1) is 18.6 Å². The number of aliphatic hydroxyl groups excluding tert-OH is 1. The number of carbonyl (C=O) groups excluding carboxylic acids is 1. The number of hydrogen-bond acceptors (Lipinski definition) is 6. The van der Waals surface area contributed by atoms with Crippen molar-refractivity contribution in [3.05, 3.63) is 141 Å². The van der Waals surface area contributed by atoms with Crippen molar-refractivity contribution in [2.24, 2.45) is 5.92 Å². The third-order valence-electron chi connectivity index (χ3n) is 6.72. The molecule has 37 heavy (non-hydrogen) atoms. The molecular formula is C29H26N2O6. The van der Waals surface area contributed by atoms with E-state index in [9.17, 15) is 19.5 Å². The van der Waals surface area contributed by atoms with Crippen LogP contribution >= 0.6 is 0 Å². The summed E-state index contributed by atoms with van der Waals surface area (Å²) in [5, 5.41) is 10.9. The van der Waals surface area contributed by atoms with Gasteiger partial charge in [-0.25, -0.2) is 4.79 Å². The molecule has 188 valence electrons. The van der Waals surface area contributed by atoms with Gasteiger partial charge in [-0.15, -0.1) is 0 Å². The predicted octanol–water partition coefficient (Wildman–Crippen LogP) is 2.62. The molecule has 0 bridgehead atoms. The zero-order chi connectivity index (χ0) is 25.8. The molecule has 2 heterocycles. The maximum absolute atomic E-state index is 12.3. The van der Waals surface area contributed by atoms with Crippen LogP contribution in [0.2, 0.25) is 0 Å². The van der Waals surface area contributed by atoms with Gasteiger partial charge in [0.2, 0.25) is 0 Å². The Morgan fingerprint density at radius 2 is 1.38 bits per heavy atom.